The quantitative estimate of drug-likeness (QED) is 0.537. The molecule has 1 aromatic rings. The maximum atomic E-state index is 10.8. The van der Waals surface area contributed by atoms with Crippen LogP contribution in [0, 0.1) is 0 Å². The zero-order valence-corrected chi connectivity index (χ0v) is 6.24. The second-order valence-electron chi connectivity index (χ2n) is 1.94. The van der Waals surface area contributed by atoms with E-state index in [1.165, 1.54) is 11.8 Å². The molecule has 1 rings (SSSR count). The van der Waals surface area contributed by atoms with Gasteiger partial charge in [-0.2, -0.15) is 0 Å². The number of rotatable bonds is 1. The average Bonchev–Trinajstić information content (AvgIpc) is 2.32. The lowest BCUT2D eigenvalue weighted by Crippen LogP contribution is -2.06. The van der Waals surface area contributed by atoms with E-state index < -0.39 is 5.97 Å². The van der Waals surface area contributed by atoms with Crippen LogP contribution in [0.4, 0.5) is 5.82 Å². The Labute approximate surface area is 62.9 Å². The molecule has 0 aliphatic heterocycles. The predicted octanol–water partition coefficient (Wildman–Crippen LogP) is -0.816. The molecular formula is C5H8N4O2. The molecule has 0 amide bonds. The number of hydrogen-bond acceptors (Lipinski definition) is 5. The van der Waals surface area contributed by atoms with Gasteiger partial charge < -0.3 is 10.5 Å². The number of esters is 1. The smallest absolute Gasteiger partial charge is 0.362 e. The second-order valence-corrected chi connectivity index (χ2v) is 1.94. The fraction of sp³-hybridized carbons (Fsp3) is 0.400. The van der Waals surface area contributed by atoms with Gasteiger partial charge in [-0.15, -0.1) is 5.10 Å². The molecule has 2 N–H and O–H groups in total. The van der Waals surface area contributed by atoms with Crippen molar-refractivity contribution in [3.8, 4) is 0 Å². The Morgan fingerprint density at radius 1 is 1.73 bits per heavy atom. The molecule has 0 atom stereocenters. The number of nitrogen functional groups attached to an aromatic ring is 1. The summed E-state index contributed by atoms with van der Waals surface area (Å²) in [5.74, 6) is -0.368. The Hall–Kier alpha value is -1.59. The minimum atomic E-state index is -0.574. The van der Waals surface area contributed by atoms with Gasteiger partial charge in [-0.25, -0.2) is 9.48 Å². The standard InChI is InChI=1S/C5H8N4O2/c1-9-4(6)3(7-8-9)5(10)11-2/h6H2,1-2H3. The maximum absolute atomic E-state index is 10.8. The van der Waals surface area contributed by atoms with Gasteiger partial charge in [0, 0.05) is 7.05 Å². The minimum absolute atomic E-state index is 0.0509. The molecule has 0 radical (unpaired) electrons. The summed E-state index contributed by atoms with van der Waals surface area (Å²) in [7, 11) is 2.85. The molecule has 1 aromatic heterocycles. The third-order valence-corrected chi connectivity index (χ3v) is 1.25. The van der Waals surface area contributed by atoms with Gasteiger partial charge in [0.2, 0.25) is 5.69 Å². The van der Waals surface area contributed by atoms with E-state index in [-0.39, 0.29) is 11.5 Å². The molecule has 0 aliphatic rings. The summed E-state index contributed by atoms with van der Waals surface area (Å²) in [5, 5.41) is 7.03. The van der Waals surface area contributed by atoms with Crippen LogP contribution in [0.3, 0.4) is 0 Å². The van der Waals surface area contributed by atoms with Gasteiger partial charge >= 0.3 is 5.97 Å². The first-order chi connectivity index (χ1) is 5.16. The Kier molecular flexibility index (Phi) is 1.75. The van der Waals surface area contributed by atoms with Crippen molar-refractivity contribution in [1.82, 2.24) is 15.0 Å². The molecule has 1 heterocycles. The van der Waals surface area contributed by atoms with Crippen LogP contribution in [0.25, 0.3) is 0 Å². The number of nitrogens with two attached hydrogens (primary N) is 1. The topological polar surface area (TPSA) is 83.0 Å². The van der Waals surface area contributed by atoms with Crippen LogP contribution in [0.2, 0.25) is 0 Å². The van der Waals surface area contributed by atoms with Crippen molar-refractivity contribution in [3.63, 3.8) is 0 Å². The normalized spacial score (nSPS) is 9.64. The number of aryl methyl sites for hydroxylation is 1. The highest BCUT2D eigenvalue weighted by Crippen LogP contribution is 2.05. The van der Waals surface area contributed by atoms with Crippen LogP contribution < -0.4 is 5.73 Å². The van der Waals surface area contributed by atoms with Gasteiger partial charge in [0.15, 0.2) is 5.82 Å². The number of anilines is 1. The summed E-state index contributed by atoms with van der Waals surface area (Å²) in [6, 6.07) is 0. The van der Waals surface area contributed by atoms with Crippen molar-refractivity contribution in [3.05, 3.63) is 5.69 Å². The highest BCUT2D eigenvalue weighted by atomic mass is 16.5. The van der Waals surface area contributed by atoms with E-state index in [4.69, 9.17) is 5.73 Å². The van der Waals surface area contributed by atoms with Crippen molar-refractivity contribution in [2.24, 2.45) is 7.05 Å². The van der Waals surface area contributed by atoms with E-state index >= 15 is 0 Å². The highest BCUT2D eigenvalue weighted by Gasteiger charge is 2.15. The summed E-state index contributed by atoms with van der Waals surface area (Å²) in [6.07, 6.45) is 0. The van der Waals surface area contributed by atoms with Crippen LogP contribution in [0.15, 0.2) is 0 Å². The molecule has 0 bridgehead atoms. The second kappa shape index (κ2) is 2.57. The number of hydrogen-bond donors (Lipinski definition) is 1. The number of nitrogens with zero attached hydrogens (tertiary/aromatic N) is 3. The van der Waals surface area contributed by atoms with Gasteiger partial charge in [0.25, 0.3) is 0 Å². The van der Waals surface area contributed by atoms with Crippen molar-refractivity contribution in [1.29, 1.82) is 0 Å². The Bertz CT molecular complexity index is 280. The average molecular weight is 156 g/mol. The van der Waals surface area contributed by atoms with Crippen molar-refractivity contribution < 1.29 is 9.53 Å². The molecule has 0 spiro atoms. The zero-order valence-electron chi connectivity index (χ0n) is 6.24. The maximum Gasteiger partial charge on any atom is 0.362 e. The highest BCUT2D eigenvalue weighted by molar-refractivity contribution is 5.91. The molecule has 6 heteroatoms. The largest absolute Gasteiger partial charge is 0.464 e. The Balaban J connectivity index is 3.04. The summed E-state index contributed by atoms with van der Waals surface area (Å²) in [6.45, 7) is 0. The predicted molar refractivity (Wildman–Crippen MR) is 36.8 cm³/mol. The number of carbonyl (C=O) groups is 1. The molecule has 0 saturated carbocycles. The van der Waals surface area contributed by atoms with Crippen molar-refractivity contribution in [2.45, 2.75) is 0 Å². The van der Waals surface area contributed by atoms with Gasteiger partial charge in [-0.1, -0.05) is 5.21 Å². The van der Waals surface area contributed by atoms with Gasteiger partial charge in [-0.05, 0) is 0 Å². The van der Waals surface area contributed by atoms with E-state index in [2.05, 4.69) is 15.0 Å². The molecule has 0 fully saturated rings. The van der Waals surface area contributed by atoms with Crippen LogP contribution >= 0.6 is 0 Å². The van der Waals surface area contributed by atoms with E-state index in [0.717, 1.165) is 0 Å². The van der Waals surface area contributed by atoms with E-state index in [1.54, 1.807) is 7.05 Å². The molecule has 6 nitrogen and oxygen atoms in total. The Morgan fingerprint density at radius 2 is 2.36 bits per heavy atom. The first-order valence-electron chi connectivity index (χ1n) is 2.90. The van der Waals surface area contributed by atoms with Crippen molar-refractivity contribution in [2.75, 3.05) is 12.8 Å². The lowest BCUT2D eigenvalue weighted by atomic mass is 10.4. The summed E-state index contributed by atoms with van der Waals surface area (Å²) in [4.78, 5) is 10.8. The monoisotopic (exact) mass is 156 g/mol. The summed E-state index contributed by atoms with van der Waals surface area (Å²) in [5.41, 5.74) is 5.47. The van der Waals surface area contributed by atoms with Crippen molar-refractivity contribution >= 4 is 11.8 Å². The SMILES string of the molecule is COC(=O)c1nnn(C)c1N. The number of methoxy groups -OCH3 is 1. The van der Waals surface area contributed by atoms with Gasteiger partial charge in [-0.3, -0.25) is 0 Å². The third-order valence-electron chi connectivity index (χ3n) is 1.25. The lowest BCUT2D eigenvalue weighted by Gasteiger charge is -1.94. The Morgan fingerprint density at radius 3 is 2.73 bits per heavy atom. The van der Waals surface area contributed by atoms with Crippen LogP contribution in [-0.4, -0.2) is 28.1 Å². The molecule has 0 saturated heterocycles. The zero-order chi connectivity index (χ0) is 8.43. The van der Waals surface area contributed by atoms with E-state index in [1.807, 2.05) is 0 Å². The van der Waals surface area contributed by atoms with Gasteiger partial charge in [0.1, 0.15) is 0 Å². The number of carbonyl (C=O) groups excluding carboxylic acids is 1. The summed E-state index contributed by atoms with van der Waals surface area (Å²) < 4.78 is 5.69. The lowest BCUT2D eigenvalue weighted by molar-refractivity contribution is 0.0595. The fourth-order valence-corrected chi connectivity index (χ4v) is 0.607. The minimum Gasteiger partial charge on any atom is -0.464 e. The fourth-order valence-electron chi connectivity index (χ4n) is 0.607. The third kappa shape index (κ3) is 1.14. The van der Waals surface area contributed by atoms with Crippen LogP contribution in [0.1, 0.15) is 10.5 Å². The molecule has 60 valence electrons. The first-order valence-corrected chi connectivity index (χ1v) is 2.90. The molecule has 0 aromatic carbocycles. The molecule has 0 unspecified atom stereocenters. The van der Waals surface area contributed by atoms with Crippen LogP contribution in [-0.2, 0) is 11.8 Å². The summed E-state index contributed by atoms with van der Waals surface area (Å²) >= 11 is 0. The number of ether oxygens (including phenoxy) is 1. The van der Waals surface area contributed by atoms with E-state index in [0.29, 0.717) is 0 Å². The molecule has 11 heavy (non-hydrogen) atoms. The molecule has 0 aliphatic carbocycles. The number of aromatic nitrogens is 3. The van der Waals surface area contributed by atoms with E-state index in [9.17, 15) is 4.79 Å². The van der Waals surface area contributed by atoms with Crippen LogP contribution in [0.5, 0.6) is 0 Å². The molecular weight excluding hydrogens is 148 g/mol. The first kappa shape index (κ1) is 7.52. The van der Waals surface area contributed by atoms with Gasteiger partial charge in [0.05, 0.1) is 7.11 Å².